The quantitative estimate of drug-likeness (QED) is 0.299. The molecule has 0 saturated heterocycles. The summed E-state index contributed by atoms with van der Waals surface area (Å²) in [6.07, 6.45) is 1.19. The predicted molar refractivity (Wildman–Crippen MR) is 154 cm³/mol. The molecule has 0 spiro atoms. The molecule has 0 aliphatic heterocycles. The number of esters is 1. The van der Waals surface area contributed by atoms with Crippen molar-refractivity contribution in [2.45, 2.75) is 56.7 Å². The second-order valence-electron chi connectivity index (χ2n) is 10.7. The molecule has 3 aromatic rings. The van der Waals surface area contributed by atoms with Crippen molar-refractivity contribution in [2.75, 3.05) is 6.61 Å². The number of hydrogen-bond acceptors (Lipinski definition) is 6. The lowest BCUT2D eigenvalue weighted by molar-refractivity contribution is -0.148. The summed E-state index contributed by atoms with van der Waals surface area (Å²) in [7, 11) is 0. The average molecular weight is 571 g/mol. The van der Waals surface area contributed by atoms with Crippen LogP contribution >= 0.6 is 0 Å². The van der Waals surface area contributed by atoms with Gasteiger partial charge in [-0.15, -0.1) is 0 Å². The van der Waals surface area contributed by atoms with Crippen LogP contribution < -0.4 is 10.6 Å². The maximum absolute atomic E-state index is 13.3. The lowest BCUT2D eigenvalue weighted by Gasteiger charge is -2.30. The number of benzene rings is 3. The van der Waals surface area contributed by atoms with Gasteiger partial charge in [0.15, 0.2) is 0 Å². The summed E-state index contributed by atoms with van der Waals surface area (Å²) in [4.78, 5) is 50.8. The maximum atomic E-state index is 13.3. The number of fused-ring (bicyclic) bond motifs is 3. The molecule has 42 heavy (non-hydrogen) atoms. The Hall–Kier alpha value is -4.66. The molecule has 0 aromatic heterocycles. The molecule has 3 atom stereocenters. The SMILES string of the molecule is O=C(C[C@H](NC(=O)OCC1c2ccccc2-c2ccccc21)C(=O)NC1CCCCC1C(=O)O)OCc1ccccc1. The van der Waals surface area contributed by atoms with Crippen LogP contribution in [0.5, 0.6) is 0 Å². The molecule has 2 amide bonds. The van der Waals surface area contributed by atoms with Crippen molar-refractivity contribution in [3.8, 4) is 11.1 Å². The van der Waals surface area contributed by atoms with E-state index in [-0.39, 0.29) is 19.1 Å². The summed E-state index contributed by atoms with van der Waals surface area (Å²) in [6, 6.07) is 23.1. The third-order valence-electron chi connectivity index (χ3n) is 7.98. The van der Waals surface area contributed by atoms with Crippen molar-refractivity contribution in [3.63, 3.8) is 0 Å². The second kappa shape index (κ2) is 13.3. The van der Waals surface area contributed by atoms with E-state index < -0.39 is 48.4 Å². The number of carbonyl (C=O) groups excluding carboxylic acids is 3. The molecule has 1 saturated carbocycles. The van der Waals surface area contributed by atoms with Gasteiger partial charge in [0.2, 0.25) is 5.91 Å². The Bertz CT molecular complexity index is 1400. The van der Waals surface area contributed by atoms with Crippen LogP contribution in [-0.4, -0.2) is 47.7 Å². The van der Waals surface area contributed by atoms with E-state index in [4.69, 9.17) is 9.47 Å². The number of aliphatic carboxylic acids is 1. The number of ether oxygens (including phenoxy) is 2. The van der Waals surface area contributed by atoms with Gasteiger partial charge in [-0.1, -0.05) is 91.7 Å². The summed E-state index contributed by atoms with van der Waals surface area (Å²) in [5, 5.41) is 14.9. The molecule has 9 nitrogen and oxygen atoms in total. The summed E-state index contributed by atoms with van der Waals surface area (Å²) >= 11 is 0. The monoisotopic (exact) mass is 570 g/mol. The van der Waals surface area contributed by atoms with Crippen LogP contribution in [0.15, 0.2) is 78.9 Å². The summed E-state index contributed by atoms with van der Waals surface area (Å²) in [6.45, 7) is 0.0546. The van der Waals surface area contributed by atoms with E-state index in [0.29, 0.717) is 12.8 Å². The van der Waals surface area contributed by atoms with E-state index in [0.717, 1.165) is 40.7 Å². The van der Waals surface area contributed by atoms with Gasteiger partial charge in [-0.3, -0.25) is 14.4 Å². The minimum Gasteiger partial charge on any atom is -0.481 e. The van der Waals surface area contributed by atoms with Gasteiger partial charge in [0.05, 0.1) is 12.3 Å². The van der Waals surface area contributed by atoms with Gasteiger partial charge < -0.3 is 25.2 Å². The highest BCUT2D eigenvalue weighted by molar-refractivity contribution is 5.90. The summed E-state index contributed by atoms with van der Waals surface area (Å²) < 4.78 is 11.0. The minimum absolute atomic E-state index is 0.0165. The molecule has 218 valence electrons. The van der Waals surface area contributed by atoms with Crippen molar-refractivity contribution >= 4 is 23.9 Å². The molecule has 0 radical (unpaired) electrons. The summed E-state index contributed by atoms with van der Waals surface area (Å²) in [5.41, 5.74) is 5.04. The molecule has 1 fully saturated rings. The zero-order chi connectivity index (χ0) is 29.5. The number of nitrogens with one attached hydrogen (secondary N) is 2. The van der Waals surface area contributed by atoms with Crippen molar-refractivity contribution in [1.29, 1.82) is 0 Å². The average Bonchev–Trinajstić information content (AvgIpc) is 3.33. The Morgan fingerprint density at radius 1 is 0.810 bits per heavy atom. The smallest absolute Gasteiger partial charge is 0.407 e. The normalized spacial score (nSPS) is 18.2. The van der Waals surface area contributed by atoms with Crippen molar-refractivity contribution in [3.05, 3.63) is 95.6 Å². The van der Waals surface area contributed by atoms with Crippen LogP contribution in [0, 0.1) is 5.92 Å². The molecule has 2 unspecified atom stereocenters. The first-order chi connectivity index (χ1) is 20.4. The van der Waals surface area contributed by atoms with Gasteiger partial charge in [-0.2, -0.15) is 0 Å². The molecule has 2 aliphatic rings. The third-order valence-corrected chi connectivity index (χ3v) is 7.98. The largest absolute Gasteiger partial charge is 0.481 e. The number of alkyl carbamates (subject to hydrolysis) is 1. The van der Waals surface area contributed by atoms with Crippen LogP contribution in [0.25, 0.3) is 11.1 Å². The Morgan fingerprint density at radius 3 is 2.10 bits per heavy atom. The fourth-order valence-electron chi connectivity index (χ4n) is 5.84. The maximum Gasteiger partial charge on any atom is 0.407 e. The molecule has 0 bridgehead atoms. The van der Waals surface area contributed by atoms with Crippen molar-refractivity contribution in [1.82, 2.24) is 10.6 Å². The molecule has 5 rings (SSSR count). The molecule has 3 aromatic carbocycles. The fourth-order valence-corrected chi connectivity index (χ4v) is 5.84. The highest BCUT2D eigenvalue weighted by Gasteiger charge is 2.35. The minimum atomic E-state index is -1.31. The molecular weight excluding hydrogens is 536 g/mol. The lowest BCUT2D eigenvalue weighted by atomic mass is 9.84. The first kappa shape index (κ1) is 28.9. The van der Waals surface area contributed by atoms with E-state index in [2.05, 4.69) is 10.6 Å². The Labute approximate surface area is 244 Å². The van der Waals surface area contributed by atoms with E-state index in [1.165, 1.54) is 0 Å². The van der Waals surface area contributed by atoms with Gasteiger partial charge in [-0.05, 0) is 40.7 Å². The van der Waals surface area contributed by atoms with E-state index >= 15 is 0 Å². The van der Waals surface area contributed by atoms with Crippen LogP contribution in [0.4, 0.5) is 4.79 Å². The van der Waals surface area contributed by atoms with Gasteiger partial charge in [0.25, 0.3) is 0 Å². The Kier molecular flexibility index (Phi) is 9.16. The molecular formula is C33H34N2O7. The van der Waals surface area contributed by atoms with Crippen LogP contribution in [-0.2, 0) is 30.5 Å². The molecule has 0 heterocycles. The van der Waals surface area contributed by atoms with E-state index in [1.54, 1.807) is 0 Å². The zero-order valence-electron chi connectivity index (χ0n) is 23.2. The number of rotatable bonds is 10. The molecule has 2 aliphatic carbocycles. The van der Waals surface area contributed by atoms with Crippen molar-refractivity contribution in [2.24, 2.45) is 5.92 Å². The van der Waals surface area contributed by atoms with Crippen molar-refractivity contribution < 1.29 is 33.8 Å². The standard InChI is InChI=1S/C33H34N2O7/c36-30(41-19-21-10-2-1-3-11-21)18-29(31(37)34-28-17-9-8-16-26(28)32(38)39)35-33(40)42-20-27-24-14-6-4-12-22(24)23-13-5-7-15-25(23)27/h1-7,10-15,26-29H,8-9,16-20H2,(H,34,37)(H,35,40)(H,38,39)/t26?,28?,29-/m0/s1. The van der Waals surface area contributed by atoms with E-state index in [1.807, 2.05) is 78.9 Å². The first-order valence-corrected chi connectivity index (χ1v) is 14.2. The third kappa shape index (κ3) is 6.79. The van der Waals surface area contributed by atoms with E-state index in [9.17, 15) is 24.3 Å². The number of amides is 2. The lowest BCUT2D eigenvalue weighted by Crippen LogP contribution is -2.53. The Balaban J connectivity index is 1.25. The number of carboxylic acids is 1. The number of hydrogen-bond donors (Lipinski definition) is 3. The first-order valence-electron chi connectivity index (χ1n) is 14.2. The van der Waals surface area contributed by atoms with Crippen LogP contribution in [0.3, 0.4) is 0 Å². The number of carboxylic acid groups (broad SMARTS) is 1. The second-order valence-corrected chi connectivity index (χ2v) is 10.7. The van der Waals surface area contributed by atoms with Gasteiger partial charge in [0.1, 0.15) is 19.3 Å². The van der Waals surface area contributed by atoms with Gasteiger partial charge in [-0.25, -0.2) is 4.79 Å². The zero-order valence-corrected chi connectivity index (χ0v) is 23.2. The highest BCUT2D eigenvalue weighted by Crippen LogP contribution is 2.44. The fraction of sp³-hybridized carbons (Fsp3) is 0.333. The highest BCUT2D eigenvalue weighted by atomic mass is 16.5. The molecule has 9 heteroatoms. The van der Waals surface area contributed by atoms with Crippen LogP contribution in [0.2, 0.25) is 0 Å². The van der Waals surface area contributed by atoms with Gasteiger partial charge >= 0.3 is 18.0 Å². The summed E-state index contributed by atoms with van der Waals surface area (Å²) in [5.74, 6) is -3.23. The van der Waals surface area contributed by atoms with Gasteiger partial charge in [0, 0.05) is 12.0 Å². The predicted octanol–water partition coefficient (Wildman–Crippen LogP) is 4.79. The molecule has 3 N–H and O–H groups in total. The van der Waals surface area contributed by atoms with Crippen LogP contribution in [0.1, 0.15) is 54.7 Å². The number of carbonyl (C=O) groups is 4. The topological polar surface area (TPSA) is 131 Å². The Morgan fingerprint density at radius 2 is 1.43 bits per heavy atom.